The highest BCUT2D eigenvalue weighted by molar-refractivity contribution is 7.80. The zero-order chi connectivity index (χ0) is 17.6. The Morgan fingerprint density at radius 2 is 1.96 bits per heavy atom. The first kappa shape index (κ1) is 16.5. The highest BCUT2D eigenvalue weighted by Crippen LogP contribution is 2.43. The minimum Gasteiger partial charge on any atom is -0.496 e. The number of hydrogen-bond acceptors (Lipinski definition) is 3. The molecule has 4 nitrogen and oxygen atoms in total. The van der Waals surface area contributed by atoms with Crippen LogP contribution >= 0.6 is 12.2 Å². The van der Waals surface area contributed by atoms with Gasteiger partial charge in [-0.25, -0.2) is 0 Å². The highest BCUT2D eigenvalue weighted by Gasteiger charge is 2.38. The Hall–Kier alpha value is -2.35. The smallest absolute Gasteiger partial charge is 0.420 e. The van der Waals surface area contributed by atoms with E-state index >= 15 is 0 Å². The zero-order valence-corrected chi connectivity index (χ0v) is 13.3. The van der Waals surface area contributed by atoms with E-state index in [2.05, 4.69) is 0 Å². The second kappa shape index (κ2) is 5.62. The topological polar surface area (TPSA) is 49.8 Å². The van der Waals surface area contributed by atoms with Crippen LogP contribution in [0.2, 0.25) is 0 Å². The average molecular weight is 355 g/mol. The summed E-state index contributed by atoms with van der Waals surface area (Å²) in [6.07, 6.45) is -4.58. The molecular weight excluding hydrogens is 343 g/mol. The molecule has 1 N–H and O–H groups in total. The number of ether oxygens (including phenoxy) is 1. The lowest BCUT2D eigenvalue weighted by atomic mass is 9.96. The molecule has 0 atom stereocenters. The van der Waals surface area contributed by atoms with Gasteiger partial charge >= 0.3 is 12.1 Å². The third-order valence-electron chi connectivity index (χ3n) is 3.94. The Morgan fingerprint density at radius 1 is 1.29 bits per heavy atom. The molecule has 2 aromatic carbocycles. The molecule has 0 saturated heterocycles. The second-order valence-electron chi connectivity index (χ2n) is 5.39. The second-order valence-corrected chi connectivity index (χ2v) is 5.78. The lowest BCUT2D eigenvalue weighted by Crippen LogP contribution is -2.29. The van der Waals surface area contributed by atoms with E-state index in [-0.39, 0.29) is 29.2 Å². The van der Waals surface area contributed by atoms with Gasteiger partial charge in [0.1, 0.15) is 22.8 Å². The maximum absolute atomic E-state index is 13.5. The van der Waals surface area contributed by atoms with Crippen LogP contribution in [-0.2, 0) is 17.5 Å². The van der Waals surface area contributed by atoms with Gasteiger partial charge < -0.3 is 14.7 Å². The maximum atomic E-state index is 13.5. The molecule has 1 heterocycles. The number of carboxylic acid groups (broad SMARTS) is 1. The number of methoxy groups -OCH3 is 1. The summed E-state index contributed by atoms with van der Waals surface area (Å²) in [6.45, 7) is -0.0267. The standard InChI is InChI=1S/C16H12F3NO3S/c1-23-11-5-4-9-10(14(11)16(17,18)19)3-2-8-6-20(7-12(21)22)15(24)13(8)9/h2-5H,6-7H2,1H3,(H,21,22). The number of halogens is 3. The molecule has 0 aliphatic carbocycles. The van der Waals surface area contributed by atoms with E-state index in [1.54, 1.807) is 6.07 Å². The minimum atomic E-state index is -4.58. The van der Waals surface area contributed by atoms with E-state index in [0.29, 0.717) is 16.5 Å². The van der Waals surface area contributed by atoms with Crippen molar-refractivity contribution in [1.29, 1.82) is 0 Å². The molecule has 1 aliphatic heterocycles. The van der Waals surface area contributed by atoms with Crippen LogP contribution in [0.5, 0.6) is 5.75 Å². The molecule has 0 aromatic heterocycles. The van der Waals surface area contributed by atoms with Gasteiger partial charge in [0.05, 0.1) is 7.11 Å². The molecular formula is C16H12F3NO3S. The molecule has 2 aromatic rings. The average Bonchev–Trinajstić information content (AvgIpc) is 2.80. The fourth-order valence-electron chi connectivity index (χ4n) is 3.00. The molecule has 0 bridgehead atoms. The van der Waals surface area contributed by atoms with Crippen molar-refractivity contribution in [2.75, 3.05) is 13.7 Å². The van der Waals surface area contributed by atoms with E-state index in [4.69, 9.17) is 22.1 Å². The first-order valence-corrected chi connectivity index (χ1v) is 7.35. The predicted octanol–water partition coefficient (Wildman–Crippen LogP) is 3.44. The summed E-state index contributed by atoms with van der Waals surface area (Å²) in [5, 5.41) is 9.27. The van der Waals surface area contributed by atoms with Crippen molar-refractivity contribution >= 4 is 33.9 Å². The molecule has 0 fully saturated rings. The van der Waals surface area contributed by atoms with Gasteiger partial charge in [-0.3, -0.25) is 4.79 Å². The third kappa shape index (κ3) is 2.56. The van der Waals surface area contributed by atoms with Gasteiger partial charge in [0.2, 0.25) is 0 Å². The van der Waals surface area contributed by atoms with Gasteiger partial charge in [-0.1, -0.05) is 24.4 Å². The summed E-state index contributed by atoms with van der Waals surface area (Å²) in [6, 6.07) is 5.72. The normalized spacial score (nSPS) is 14.2. The van der Waals surface area contributed by atoms with Crippen LogP contribution in [-0.4, -0.2) is 34.6 Å². The summed E-state index contributed by atoms with van der Waals surface area (Å²) < 4.78 is 45.2. The molecule has 0 radical (unpaired) electrons. The molecule has 8 heteroatoms. The van der Waals surface area contributed by atoms with Gasteiger partial charge in [0.15, 0.2) is 0 Å². The number of thiocarbonyl (C=S) groups is 1. The van der Waals surface area contributed by atoms with Gasteiger partial charge in [0.25, 0.3) is 0 Å². The maximum Gasteiger partial charge on any atom is 0.420 e. The van der Waals surface area contributed by atoms with Gasteiger partial charge in [-0.15, -0.1) is 0 Å². The van der Waals surface area contributed by atoms with Gasteiger partial charge in [0, 0.05) is 12.1 Å². The van der Waals surface area contributed by atoms with Crippen molar-refractivity contribution in [3.63, 3.8) is 0 Å². The van der Waals surface area contributed by atoms with Crippen molar-refractivity contribution in [1.82, 2.24) is 4.90 Å². The number of fused-ring (bicyclic) bond motifs is 3. The molecule has 126 valence electrons. The lowest BCUT2D eigenvalue weighted by molar-refractivity contribution is -0.138. The van der Waals surface area contributed by atoms with Crippen molar-refractivity contribution in [2.24, 2.45) is 0 Å². The third-order valence-corrected chi connectivity index (χ3v) is 4.40. The molecule has 3 rings (SSSR count). The largest absolute Gasteiger partial charge is 0.496 e. The van der Waals surface area contributed by atoms with E-state index in [1.165, 1.54) is 30.2 Å². The van der Waals surface area contributed by atoms with E-state index in [1.807, 2.05) is 0 Å². The monoisotopic (exact) mass is 355 g/mol. The molecule has 24 heavy (non-hydrogen) atoms. The fraction of sp³-hybridized carbons (Fsp3) is 0.250. The Labute approximate surface area is 140 Å². The number of alkyl halides is 3. The first-order valence-electron chi connectivity index (χ1n) is 6.95. The van der Waals surface area contributed by atoms with Crippen molar-refractivity contribution < 1.29 is 27.8 Å². The van der Waals surface area contributed by atoms with Crippen molar-refractivity contribution in [2.45, 2.75) is 12.7 Å². The van der Waals surface area contributed by atoms with Crippen LogP contribution in [0.15, 0.2) is 24.3 Å². The van der Waals surface area contributed by atoms with Crippen LogP contribution in [0.1, 0.15) is 16.7 Å². The van der Waals surface area contributed by atoms with Crippen molar-refractivity contribution in [3.05, 3.63) is 41.0 Å². The van der Waals surface area contributed by atoms with E-state index < -0.39 is 17.7 Å². The highest BCUT2D eigenvalue weighted by atomic mass is 32.1. The Kier molecular flexibility index (Phi) is 3.87. The number of aliphatic carboxylic acids is 1. The number of benzene rings is 2. The van der Waals surface area contributed by atoms with Gasteiger partial charge in [-0.05, 0) is 28.5 Å². The summed E-state index contributed by atoms with van der Waals surface area (Å²) in [4.78, 5) is 12.6. The van der Waals surface area contributed by atoms with Crippen LogP contribution in [0, 0.1) is 0 Å². The minimum absolute atomic E-state index is 0.0138. The van der Waals surface area contributed by atoms with Gasteiger partial charge in [-0.2, -0.15) is 13.2 Å². The van der Waals surface area contributed by atoms with Crippen LogP contribution < -0.4 is 4.74 Å². The molecule has 0 amide bonds. The number of rotatable bonds is 3. The summed E-state index contributed by atoms with van der Waals surface area (Å²) in [5.41, 5.74) is 0.341. The lowest BCUT2D eigenvalue weighted by Gasteiger charge is -2.17. The Balaban J connectivity index is 2.24. The van der Waals surface area contributed by atoms with Crippen LogP contribution in [0.25, 0.3) is 10.8 Å². The quantitative estimate of drug-likeness (QED) is 0.855. The van der Waals surface area contributed by atoms with E-state index in [0.717, 1.165) is 0 Å². The van der Waals surface area contributed by atoms with E-state index in [9.17, 15) is 18.0 Å². The Bertz CT molecular complexity index is 864. The predicted molar refractivity (Wildman–Crippen MR) is 85.2 cm³/mol. The first-order chi connectivity index (χ1) is 11.2. The number of carboxylic acids is 1. The molecule has 0 unspecified atom stereocenters. The summed E-state index contributed by atoms with van der Waals surface area (Å²) in [7, 11) is 1.18. The summed E-state index contributed by atoms with van der Waals surface area (Å²) >= 11 is 5.29. The molecule has 0 spiro atoms. The number of nitrogens with zero attached hydrogens (tertiary/aromatic N) is 1. The van der Waals surface area contributed by atoms with Crippen molar-refractivity contribution in [3.8, 4) is 5.75 Å². The number of hydrogen-bond donors (Lipinski definition) is 1. The summed E-state index contributed by atoms with van der Waals surface area (Å²) in [5.74, 6) is -1.31. The zero-order valence-electron chi connectivity index (χ0n) is 12.5. The fourth-order valence-corrected chi connectivity index (χ4v) is 3.37. The van der Waals surface area contributed by atoms with Crippen LogP contribution in [0.4, 0.5) is 13.2 Å². The molecule has 1 aliphatic rings. The SMILES string of the molecule is COc1ccc2c3c(ccc2c1C(F)(F)F)CN(CC(=O)O)C3=S. The Morgan fingerprint density at radius 3 is 2.54 bits per heavy atom. The number of carbonyl (C=O) groups is 1. The van der Waals surface area contributed by atoms with Crippen LogP contribution in [0.3, 0.4) is 0 Å². The molecule has 0 saturated carbocycles.